The van der Waals surface area contributed by atoms with Crippen LogP contribution in [0.2, 0.25) is 0 Å². The van der Waals surface area contributed by atoms with Crippen LogP contribution in [0.15, 0.2) is 0 Å². The molecule has 23 nitrogen and oxygen atoms in total. The van der Waals surface area contributed by atoms with Crippen molar-refractivity contribution in [1.82, 2.24) is 0 Å². The van der Waals surface area contributed by atoms with E-state index in [0.717, 1.165) is 19.3 Å². The van der Waals surface area contributed by atoms with Crippen LogP contribution in [0, 0.1) is 0 Å². The Balaban J connectivity index is 1.19. The lowest BCUT2D eigenvalue weighted by molar-refractivity contribution is -0.402. The van der Waals surface area contributed by atoms with Gasteiger partial charge in [-0.15, -0.1) is 0 Å². The van der Waals surface area contributed by atoms with E-state index in [1.165, 1.54) is 78.1 Å². The standard InChI is InChI=1S/C45H82O23/c1-4-5-6-7-8-9-10-11-12-13-14-15-16-17-18-59-41-35(56)33(54)30(51)26(65-41)21-61-43-37(58)38(28(49)23(3)62-43)66-45-40(68-44-36(57)32(53)27(48)22(2)63-44)39(31(52)25(19-46)64-45)67-42-34(55)29(50)24(47)20-60-42/h22-58H,4-21H2,1-3H3/t22-,23-,24-,25-,26-,27-,28-,29-,30-,31-,32-,33-,34-,35-,36-,37-,38-,39-,40-,41+,42+,43+,44+,45+/m1/s1. The fraction of sp³-hybridized carbons (Fsp3) is 1.00. The number of rotatable bonds is 26. The van der Waals surface area contributed by atoms with Gasteiger partial charge in [0.1, 0.15) is 104 Å². The third-order valence-corrected chi connectivity index (χ3v) is 13.6. The van der Waals surface area contributed by atoms with Crippen molar-refractivity contribution >= 4 is 0 Å². The lowest BCUT2D eigenvalue weighted by atomic mass is 9.95. The van der Waals surface area contributed by atoms with Gasteiger partial charge in [0.25, 0.3) is 0 Å². The average Bonchev–Trinajstić information content (AvgIpc) is 3.32. The molecule has 5 rings (SSSR count). The lowest BCUT2D eigenvalue weighted by Crippen LogP contribution is -2.68. The first-order valence-electron chi connectivity index (χ1n) is 24.7. The summed E-state index contributed by atoms with van der Waals surface area (Å²) in [5.74, 6) is 0. The van der Waals surface area contributed by atoms with Crippen molar-refractivity contribution in [3.8, 4) is 0 Å². The zero-order valence-electron chi connectivity index (χ0n) is 39.5. The van der Waals surface area contributed by atoms with E-state index in [2.05, 4.69) is 6.92 Å². The van der Waals surface area contributed by atoms with E-state index in [-0.39, 0.29) is 6.61 Å². The van der Waals surface area contributed by atoms with E-state index >= 15 is 0 Å². The van der Waals surface area contributed by atoms with Crippen molar-refractivity contribution in [3.63, 3.8) is 0 Å². The summed E-state index contributed by atoms with van der Waals surface area (Å²) in [5, 5.41) is 140. The minimum Gasteiger partial charge on any atom is -0.394 e. The second-order valence-electron chi connectivity index (χ2n) is 19.0. The van der Waals surface area contributed by atoms with Crippen molar-refractivity contribution in [2.24, 2.45) is 0 Å². The van der Waals surface area contributed by atoms with E-state index < -0.39 is 167 Å². The molecule has 0 radical (unpaired) electrons. The van der Waals surface area contributed by atoms with Crippen molar-refractivity contribution in [1.29, 1.82) is 0 Å². The zero-order chi connectivity index (χ0) is 49.7. The molecule has 400 valence electrons. The lowest BCUT2D eigenvalue weighted by Gasteiger charge is -2.50. The zero-order valence-corrected chi connectivity index (χ0v) is 39.5. The Labute approximate surface area is 397 Å². The first kappa shape index (κ1) is 58.0. The van der Waals surface area contributed by atoms with Gasteiger partial charge in [-0.2, -0.15) is 0 Å². The number of unbranched alkanes of at least 4 members (excludes halogenated alkanes) is 13. The summed E-state index contributed by atoms with van der Waals surface area (Å²) in [6, 6.07) is 0. The first-order chi connectivity index (χ1) is 32.5. The van der Waals surface area contributed by atoms with Crippen LogP contribution in [-0.2, 0) is 47.4 Å². The molecule has 0 spiro atoms. The van der Waals surface area contributed by atoms with Crippen LogP contribution in [0.1, 0.15) is 111 Å². The summed E-state index contributed by atoms with van der Waals surface area (Å²) < 4.78 is 58.1. The Kier molecular flexibility index (Phi) is 24.3. The number of hydrogen-bond acceptors (Lipinski definition) is 23. The monoisotopic (exact) mass is 991 g/mol. The third kappa shape index (κ3) is 15.3. The normalized spacial score (nSPS) is 44.8. The third-order valence-electron chi connectivity index (χ3n) is 13.6. The van der Waals surface area contributed by atoms with Gasteiger partial charge in [-0.1, -0.05) is 90.4 Å². The molecule has 13 N–H and O–H groups in total. The Bertz CT molecular complexity index is 1390. The predicted molar refractivity (Wildman–Crippen MR) is 232 cm³/mol. The fourth-order valence-corrected chi connectivity index (χ4v) is 9.11. The molecule has 0 unspecified atom stereocenters. The highest BCUT2D eigenvalue weighted by Crippen LogP contribution is 2.36. The molecule has 5 saturated heterocycles. The summed E-state index contributed by atoms with van der Waals surface area (Å²) >= 11 is 0. The Hall–Kier alpha value is -0.920. The molecule has 5 heterocycles. The van der Waals surface area contributed by atoms with Gasteiger partial charge in [0.15, 0.2) is 31.5 Å². The highest BCUT2D eigenvalue weighted by Gasteiger charge is 2.56. The molecule has 0 aromatic heterocycles. The van der Waals surface area contributed by atoms with Gasteiger partial charge >= 0.3 is 0 Å². The van der Waals surface area contributed by atoms with Crippen LogP contribution >= 0.6 is 0 Å². The van der Waals surface area contributed by atoms with Gasteiger partial charge in [0, 0.05) is 6.61 Å². The molecule has 0 aromatic carbocycles. The van der Waals surface area contributed by atoms with E-state index in [1.807, 2.05) is 0 Å². The second-order valence-corrected chi connectivity index (χ2v) is 19.0. The van der Waals surface area contributed by atoms with E-state index in [9.17, 15) is 66.4 Å². The van der Waals surface area contributed by atoms with E-state index in [4.69, 9.17) is 47.4 Å². The quantitative estimate of drug-likeness (QED) is 0.0392. The molecule has 24 atom stereocenters. The van der Waals surface area contributed by atoms with Crippen molar-refractivity contribution in [3.05, 3.63) is 0 Å². The van der Waals surface area contributed by atoms with E-state index in [0.29, 0.717) is 6.42 Å². The maximum atomic E-state index is 11.6. The Morgan fingerprint density at radius 3 is 1.50 bits per heavy atom. The number of aliphatic hydroxyl groups excluding tert-OH is 13. The smallest absolute Gasteiger partial charge is 0.187 e. The van der Waals surface area contributed by atoms with Crippen LogP contribution in [0.25, 0.3) is 0 Å². The molecule has 5 fully saturated rings. The minimum absolute atomic E-state index is 0.218. The number of aliphatic hydroxyl groups is 13. The maximum absolute atomic E-state index is 11.6. The fourth-order valence-electron chi connectivity index (χ4n) is 9.11. The van der Waals surface area contributed by atoms with Crippen LogP contribution in [0.4, 0.5) is 0 Å². The molecular formula is C45H82O23. The summed E-state index contributed by atoms with van der Waals surface area (Å²) in [6.07, 6.45) is -23.1. The van der Waals surface area contributed by atoms with Crippen molar-refractivity contribution in [2.75, 3.05) is 26.4 Å². The van der Waals surface area contributed by atoms with Crippen molar-refractivity contribution in [2.45, 2.75) is 258 Å². The van der Waals surface area contributed by atoms with Crippen LogP contribution in [0.3, 0.4) is 0 Å². The predicted octanol–water partition coefficient (Wildman–Crippen LogP) is -2.72. The summed E-state index contributed by atoms with van der Waals surface area (Å²) in [4.78, 5) is 0. The maximum Gasteiger partial charge on any atom is 0.187 e. The van der Waals surface area contributed by atoms with Gasteiger partial charge < -0.3 is 114 Å². The summed E-state index contributed by atoms with van der Waals surface area (Å²) in [5.41, 5.74) is 0. The number of ether oxygens (including phenoxy) is 10. The first-order valence-corrected chi connectivity index (χ1v) is 24.7. The highest BCUT2D eigenvalue weighted by molar-refractivity contribution is 4.98. The topological polar surface area (TPSA) is 355 Å². The second kappa shape index (κ2) is 28.5. The molecule has 0 saturated carbocycles. The van der Waals surface area contributed by atoms with Gasteiger partial charge in [-0.05, 0) is 20.3 Å². The largest absolute Gasteiger partial charge is 0.394 e. The molecular weight excluding hydrogens is 908 g/mol. The molecule has 0 bridgehead atoms. The van der Waals surface area contributed by atoms with Gasteiger partial charge in [0.05, 0.1) is 32.0 Å². The molecule has 23 heteroatoms. The molecule has 68 heavy (non-hydrogen) atoms. The SMILES string of the molecule is CCCCCCCCCCCCCCCCO[C@H]1O[C@H](CO[C@H]2O[C@H](C)[C@@H](O)[C@@H](O[C@@H]3O[C@H](CO)[C@@H](O)[C@@H](O[C@@H]4OC[C@@H](O)[C@@H](O)[C@H]4O)[C@H]3O[C@@H]3O[C@H](C)[C@@H](O)[C@@H](O)[C@H]3O)[C@H]2O)[C@@H](O)[C@@H](O)[C@H]1O. The molecule has 5 aliphatic rings. The highest BCUT2D eigenvalue weighted by atomic mass is 16.8. The average molecular weight is 991 g/mol. The van der Waals surface area contributed by atoms with Gasteiger partial charge in [0.2, 0.25) is 0 Å². The van der Waals surface area contributed by atoms with Gasteiger partial charge in [-0.25, -0.2) is 0 Å². The van der Waals surface area contributed by atoms with Crippen LogP contribution in [0.5, 0.6) is 0 Å². The summed E-state index contributed by atoms with van der Waals surface area (Å²) in [7, 11) is 0. The minimum atomic E-state index is -1.92. The number of hydrogen-bond donors (Lipinski definition) is 13. The molecule has 0 aliphatic carbocycles. The molecule has 0 amide bonds. The van der Waals surface area contributed by atoms with Crippen LogP contribution in [-0.4, -0.2) is 240 Å². The molecule has 5 aliphatic heterocycles. The van der Waals surface area contributed by atoms with E-state index in [1.54, 1.807) is 0 Å². The Morgan fingerprint density at radius 2 is 0.882 bits per heavy atom. The Morgan fingerprint density at radius 1 is 0.397 bits per heavy atom. The van der Waals surface area contributed by atoms with Crippen molar-refractivity contribution < 1.29 is 114 Å². The molecule has 0 aromatic rings. The van der Waals surface area contributed by atoms with Crippen LogP contribution < -0.4 is 0 Å². The summed E-state index contributed by atoms with van der Waals surface area (Å²) in [6.45, 7) is 3.30. The van der Waals surface area contributed by atoms with Gasteiger partial charge in [-0.3, -0.25) is 0 Å².